The van der Waals surface area contributed by atoms with Crippen molar-refractivity contribution in [1.29, 1.82) is 0 Å². The summed E-state index contributed by atoms with van der Waals surface area (Å²) >= 11 is 12.6. The third-order valence-electron chi connectivity index (χ3n) is 6.00. The van der Waals surface area contributed by atoms with E-state index in [2.05, 4.69) is 33.1 Å². The molecule has 0 unspecified atom stereocenters. The molecule has 34 heavy (non-hydrogen) atoms. The van der Waals surface area contributed by atoms with Gasteiger partial charge in [0.05, 0.1) is 60.9 Å². The third-order valence-corrected chi connectivity index (χ3v) is 6.74. The van der Waals surface area contributed by atoms with E-state index in [1.807, 2.05) is 55.5 Å². The number of nitrogens with zero attached hydrogens (tertiary/aromatic N) is 4. The van der Waals surface area contributed by atoms with Crippen molar-refractivity contribution in [3.63, 3.8) is 0 Å². The highest BCUT2D eigenvalue weighted by Crippen LogP contribution is 2.33. The van der Waals surface area contributed by atoms with Crippen molar-refractivity contribution in [3.8, 4) is 17.1 Å². The molecule has 1 fully saturated rings. The highest BCUT2D eigenvalue weighted by atomic mass is 35.5. The van der Waals surface area contributed by atoms with Crippen LogP contribution in [0, 0.1) is 6.92 Å². The average Bonchev–Trinajstić information content (AvgIpc) is 3.65. The molecule has 5 nitrogen and oxygen atoms in total. The number of nitrogens with one attached hydrogen (secondary N) is 1. The van der Waals surface area contributed by atoms with E-state index in [9.17, 15) is 0 Å². The zero-order chi connectivity index (χ0) is 23.2. The first kappa shape index (κ1) is 21.1. The van der Waals surface area contributed by atoms with Gasteiger partial charge < -0.3 is 9.88 Å². The molecule has 3 aromatic rings. The van der Waals surface area contributed by atoms with Crippen molar-refractivity contribution in [1.82, 2.24) is 14.5 Å². The van der Waals surface area contributed by atoms with Crippen molar-refractivity contribution in [2.75, 3.05) is 5.32 Å². The minimum absolute atomic E-state index is 0.361. The van der Waals surface area contributed by atoms with Gasteiger partial charge in [-0.05, 0) is 74.4 Å². The van der Waals surface area contributed by atoms with Gasteiger partial charge in [0.2, 0.25) is 0 Å². The molecule has 0 bridgehead atoms. The van der Waals surface area contributed by atoms with Crippen LogP contribution in [0.25, 0.3) is 28.1 Å². The van der Waals surface area contributed by atoms with E-state index < -0.39 is 0 Å². The van der Waals surface area contributed by atoms with Gasteiger partial charge in [0, 0.05) is 11.9 Å². The summed E-state index contributed by atoms with van der Waals surface area (Å²) in [6.45, 7) is 1.99. The fourth-order valence-corrected chi connectivity index (χ4v) is 4.41. The summed E-state index contributed by atoms with van der Waals surface area (Å²) in [5.41, 5.74) is 7.38. The van der Waals surface area contributed by atoms with E-state index in [0.29, 0.717) is 16.1 Å². The maximum absolute atomic E-state index is 6.41. The number of halogens is 2. The van der Waals surface area contributed by atoms with E-state index >= 15 is 0 Å². The van der Waals surface area contributed by atoms with Gasteiger partial charge in [0.15, 0.2) is 0 Å². The van der Waals surface area contributed by atoms with E-state index in [1.54, 1.807) is 6.20 Å². The lowest BCUT2D eigenvalue weighted by molar-refractivity contribution is 0.997. The molecule has 2 heterocycles. The number of benzene rings is 3. The second kappa shape index (κ2) is 8.42. The minimum atomic E-state index is 0.361. The lowest BCUT2D eigenvalue weighted by Gasteiger charge is -2.20. The number of rotatable bonds is 4. The average molecular weight is 486 g/mol. The number of aryl methyl sites for hydroxylation is 1. The largest absolute Gasteiger partial charge is 0.352 e. The van der Waals surface area contributed by atoms with Crippen molar-refractivity contribution in [2.24, 2.45) is 4.99 Å². The van der Waals surface area contributed by atoms with Crippen LogP contribution in [0.1, 0.15) is 18.5 Å². The standard InChI is InChI=1S/C27H21Cl2N5/c1-16-21(6-4-12-30-16)32-23-14-25-27(15-24(23)31-17-8-9-17)34(18-10-11-19(28)20(29)13-18)26-7-3-2-5-22(26)33-25/h2-7,10-15,17,32H,8-9H2,1H3/b31-24+. The second-order valence-electron chi connectivity index (χ2n) is 8.51. The quantitative estimate of drug-likeness (QED) is 0.280. The Kier molecular flexibility index (Phi) is 5.24. The predicted octanol–water partition coefficient (Wildman–Crippen LogP) is 6.95. The SMILES string of the molecule is Cc1ncccc1Nc1cc2nc3ccccc3n(-c3ccc(Cl)c(Cl)c3)c-2c/c1=N\C1CC1. The predicted molar refractivity (Wildman–Crippen MR) is 139 cm³/mol. The summed E-state index contributed by atoms with van der Waals surface area (Å²) in [6.07, 6.45) is 4.03. The van der Waals surface area contributed by atoms with Crippen LogP contribution in [-0.4, -0.2) is 20.6 Å². The molecule has 0 saturated heterocycles. The molecule has 1 aromatic heterocycles. The molecule has 0 radical (unpaired) electrons. The Balaban J connectivity index is 1.65. The van der Waals surface area contributed by atoms with Crippen LogP contribution in [0.3, 0.4) is 0 Å². The zero-order valence-electron chi connectivity index (χ0n) is 18.5. The monoisotopic (exact) mass is 485 g/mol. The van der Waals surface area contributed by atoms with E-state index in [0.717, 1.165) is 63.4 Å². The number of pyridine rings is 1. The lowest BCUT2D eigenvalue weighted by atomic mass is 10.1. The van der Waals surface area contributed by atoms with Crippen molar-refractivity contribution < 1.29 is 0 Å². The van der Waals surface area contributed by atoms with Crippen LogP contribution in [0.5, 0.6) is 0 Å². The summed E-state index contributed by atoms with van der Waals surface area (Å²) in [4.78, 5) is 14.4. The van der Waals surface area contributed by atoms with Crippen LogP contribution in [0.15, 0.2) is 77.9 Å². The summed E-state index contributed by atoms with van der Waals surface area (Å²) < 4.78 is 2.17. The molecular formula is C27H21Cl2N5. The number of para-hydroxylation sites is 2. The smallest absolute Gasteiger partial charge is 0.0900 e. The molecule has 0 spiro atoms. The highest BCUT2D eigenvalue weighted by molar-refractivity contribution is 6.42. The van der Waals surface area contributed by atoms with Gasteiger partial charge in [-0.1, -0.05) is 35.3 Å². The molecule has 1 aliphatic heterocycles. The minimum Gasteiger partial charge on any atom is -0.352 e. The lowest BCUT2D eigenvalue weighted by Crippen LogP contribution is -2.16. The molecule has 3 aliphatic rings. The number of hydrogen-bond donors (Lipinski definition) is 1. The second-order valence-corrected chi connectivity index (χ2v) is 9.33. The first-order chi connectivity index (χ1) is 16.6. The fourth-order valence-electron chi connectivity index (χ4n) is 4.11. The Bertz CT molecular complexity index is 1590. The molecule has 0 atom stereocenters. The van der Waals surface area contributed by atoms with Gasteiger partial charge in [0.25, 0.3) is 0 Å². The third kappa shape index (κ3) is 3.91. The number of hydrogen-bond acceptors (Lipinski definition) is 4. The van der Waals surface area contributed by atoms with Gasteiger partial charge in [0.1, 0.15) is 0 Å². The first-order valence-corrected chi connectivity index (χ1v) is 12.0. The Hall–Kier alpha value is -3.41. The summed E-state index contributed by atoms with van der Waals surface area (Å²) in [5, 5.41) is 5.49. The molecule has 7 heteroatoms. The van der Waals surface area contributed by atoms with Crippen LogP contribution in [0.4, 0.5) is 11.4 Å². The van der Waals surface area contributed by atoms with Crippen LogP contribution < -0.4 is 10.7 Å². The van der Waals surface area contributed by atoms with Crippen molar-refractivity contribution >= 4 is 45.6 Å². The Morgan fingerprint density at radius 1 is 0.941 bits per heavy atom. The highest BCUT2D eigenvalue weighted by Gasteiger charge is 2.22. The van der Waals surface area contributed by atoms with Gasteiger partial charge in [-0.25, -0.2) is 4.98 Å². The Labute approximate surface area is 207 Å². The van der Waals surface area contributed by atoms with E-state index in [4.69, 9.17) is 33.2 Å². The Morgan fingerprint density at radius 2 is 1.79 bits per heavy atom. The summed E-state index contributed by atoms with van der Waals surface area (Å²) in [6, 6.07) is 22.3. The fraction of sp³-hybridized carbons (Fsp3) is 0.148. The number of anilines is 2. The molecular weight excluding hydrogens is 465 g/mol. The molecule has 2 aromatic carbocycles. The van der Waals surface area contributed by atoms with Gasteiger partial charge >= 0.3 is 0 Å². The summed E-state index contributed by atoms with van der Waals surface area (Å²) in [5.74, 6) is 0. The van der Waals surface area contributed by atoms with Crippen molar-refractivity contribution in [3.05, 3.63) is 94.0 Å². The zero-order valence-corrected chi connectivity index (χ0v) is 20.0. The number of fused-ring (bicyclic) bond motifs is 2. The molecule has 1 N–H and O–H groups in total. The molecule has 168 valence electrons. The normalized spacial score (nSPS) is 14.1. The summed E-state index contributed by atoms with van der Waals surface area (Å²) in [7, 11) is 0. The molecule has 2 aliphatic carbocycles. The Morgan fingerprint density at radius 3 is 2.59 bits per heavy atom. The van der Waals surface area contributed by atoms with E-state index in [1.165, 1.54) is 0 Å². The van der Waals surface area contributed by atoms with Crippen LogP contribution in [0.2, 0.25) is 10.0 Å². The topological polar surface area (TPSA) is 55.1 Å². The van der Waals surface area contributed by atoms with Crippen LogP contribution in [-0.2, 0) is 0 Å². The first-order valence-electron chi connectivity index (χ1n) is 11.2. The van der Waals surface area contributed by atoms with E-state index in [-0.39, 0.29) is 0 Å². The van der Waals surface area contributed by atoms with Crippen molar-refractivity contribution in [2.45, 2.75) is 25.8 Å². The maximum Gasteiger partial charge on any atom is 0.0900 e. The van der Waals surface area contributed by atoms with Crippen LogP contribution >= 0.6 is 23.2 Å². The maximum atomic E-state index is 6.41. The molecule has 1 saturated carbocycles. The molecule has 0 amide bonds. The van der Waals surface area contributed by atoms with Gasteiger partial charge in [-0.15, -0.1) is 0 Å². The van der Waals surface area contributed by atoms with Gasteiger partial charge in [-0.2, -0.15) is 0 Å². The molecule has 6 rings (SSSR count). The van der Waals surface area contributed by atoms with Gasteiger partial charge in [-0.3, -0.25) is 9.98 Å². The number of aromatic nitrogens is 3.